The van der Waals surface area contributed by atoms with Crippen molar-refractivity contribution in [2.24, 2.45) is 0 Å². The van der Waals surface area contributed by atoms with E-state index in [1.807, 2.05) is 0 Å². The smallest absolute Gasteiger partial charge is 0.251 e. The maximum absolute atomic E-state index is 11.9. The van der Waals surface area contributed by atoms with Crippen molar-refractivity contribution in [1.82, 2.24) is 4.72 Å². The van der Waals surface area contributed by atoms with E-state index in [1.165, 1.54) is 25.1 Å². The molecule has 0 amide bonds. The summed E-state index contributed by atoms with van der Waals surface area (Å²) in [6, 6.07) is 5.52. The van der Waals surface area contributed by atoms with Crippen LogP contribution in [0, 0.1) is 0 Å². The van der Waals surface area contributed by atoms with Crippen LogP contribution >= 0.6 is 0 Å². The lowest BCUT2D eigenvalue weighted by molar-refractivity contribution is 0.153. The van der Waals surface area contributed by atoms with Crippen LogP contribution in [0.2, 0.25) is 0 Å². The van der Waals surface area contributed by atoms with E-state index >= 15 is 0 Å². The summed E-state index contributed by atoms with van der Waals surface area (Å²) < 4.78 is 48.8. The van der Waals surface area contributed by atoms with Crippen LogP contribution in [0.25, 0.3) is 0 Å². The Morgan fingerprint density at radius 3 is 2.59 bits per heavy atom. The lowest BCUT2D eigenvalue weighted by atomic mass is 10.1. The minimum Gasteiger partial charge on any atom is -0.389 e. The minimum atomic E-state index is -3.95. The van der Waals surface area contributed by atoms with Gasteiger partial charge < -0.3 is 5.11 Å². The van der Waals surface area contributed by atoms with E-state index < -0.39 is 29.1 Å². The minimum absolute atomic E-state index is 0.142. The predicted molar refractivity (Wildman–Crippen MR) is 58.3 cm³/mol. The van der Waals surface area contributed by atoms with E-state index in [4.69, 9.17) is 0 Å². The molecule has 0 heterocycles. The molecule has 7 heteroatoms. The van der Waals surface area contributed by atoms with E-state index in [0.29, 0.717) is 5.56 Å². The number of alkyl halides is 2. The molecule has 0 aliphatic carbocycles. The molecule has 0 saturated heterocycles. The van der Waals surface area contributed by atoms with Gasteiger partial charge in [-0.05, 0) is 24.6 Å². The van der Waals surface area contributed by atoms with Crippen molar-refractivity contribution in [2.75, 3.05) is 6.54 Å². The van der Waals surface area contributed by atoms with Crippen LogP contribution in [-0.2, 0) is 10.0 Å². The van der Waals surface area contributed by atoms with E-state index in [0.717, 1.165) is 0 Å². The number of hydrogen-bond donors (Lipinski definition) is 2. The van der Waals surface area contributed by atoms with Gasteiger partial charge in [0, 0.05) is 0 Å². The fourth-order valence-corrected chi connectivity index (χ4v) is 2.26. The summed E-state index contributed by atoms with van der Waals surface area (Å²) in [5.41, 5.74) is 0.407. The Morgan fingerprint density at radius 2 is 2.06 bits per heavy atom. The van der Waals surface area contributed by atoms with Crippen molar-refractivity contribution >= 4 is 10.0 Å². The first-order valence-electron chi connectivity index (χ1n) is 4.89. The van der Waals surface area contributed by atoms with Crippen molar-refractivity contribution < 1.29 is 22.3 Å². The molecular formula is C10H13F2NO3S. The third-order valence-corrected chi connectivity index (χ3v) is 3.50. The van der Waals surface area contributed by atoms with Crippen LogP contribution in [-0.4, -0.2) is 26.5 Å². The Hall–Kier alpha value is -1.05. The number of aliphatic hydroxyl groups is 1. The molecule has 0 fully saturated rings. The number of sulfonamides is 1. The van der Waals surface area contributed by atoms with Crippen molar-refractivity contribution in [3.8, 4) is 0 Å². The summed E-state index contributed by atoms with van der Waals surface area (Å²) in [6.45, 7) is 0.555. The molecule has 0 aliphatic rings. The van der Waals surface area contributed by atoms with Gasteiger partial charge in [-0.25, -0.2) is 21.9 Å². The second-order valence-corrected chi connectivity index (χ2v) is 5.26. The number of hydrogen-bond acceptors (Lipinski definition) is 3. The van der Waals surface area contributed by atoms with Crippen molar-refractivity contribution in [1.29, 1.82) is 0 Å². The first-order valence-corrected chi connectivity index (χ1v) is 6.37. The Bertz CT molecular complexity index is 474. The second kappa shape index (κ2) is 5.52. The van der Waals surface area contributed by atoms with Crippen molar-refractivity contribution in [3.63, 3.8) is 0 Å². The number of rotatable bonds is 5. The maximum atomic E-state index is 11.9. The standard InChI is InChI=1S/C10H13F2NO3S/c1-7(14)8-3-2-4-9(5-8)17(15,16)13-6-10(11)12/h2-5,7,10,13-14H,6H2,1H3. The quantitative estimate of drug-likeness (QED) is 0.843. The lowest BCUT2D eigenvalue weighted by Crippen LogP contribution is -2.28. The first kappa shape index (κ1) is 14.0. The predicted octanol–water partition coefficient (Wildman–Crippen LogP) is 1.28. The Morgan fingerprint density at radius 1 is 1.41 bits per heavy atom. The highest BCUT2D eigenvalue weighted by atomic mass is 32.2. The third-order valence-electron chi connectivity index (χ3n) is 2.08. The van der Waals surface area contributed by atoms with Gasteiger partial charge in [-0.15, -0.1) is 0 Å². The monoisotopic (exact) mass is 265 g/mol. The highest BCUT2D eigenvalue weighted by Crippen LogP contribution is 2.17. The van der Waals surface area contributed by atoms with E-state index in [2.05, 4.69) is 0 Å². The molecule has 1 aromatic carbocycles. The van der Waals surface area contributed by atoms with Crippen molar-refractivity contribution in [3.05, 3.63) is 29.8 Å². The van der Waals surface area contributed by atoms with Gasteiger partial charge in [0.1, 0.15) is 0 Å². The maximum Gasteiger partial charge on any atom is 0.251 e. The molecule has 0 aromatic heterocycles. The molecule has 0 spiro atoms. The molecule has 0 radical (unpaired) electrons. The van der Waals surface area contributed by atoms with Crippen LogP contribution in [0.1, 0.15) is 18.6 Å². The summed E-state index contributed by atoms with van der Waals surface area (Å²) >= 11 is 0. The van der Waals surface area contributed by atoms with E-state index in [-0.39, 0.29) is 4.90 Å². The Labute approximate surface area is 98.3 Å². The number of nitrogens with one attached hydrogen (secondary N) is 1. The SMILES string of the molecule is CC(O)c1cccc(S(=O)(=O)NCC(F)F)c1. The van der Waals surface area contributed by atoms with Crippen LogP contribution in [0.15, 0.2) is 29.2 Å². The number of aliphatic hydroxyl groups excluding tert-OH is 1. The molecule has 0 bridgehead atoms. The molecule has 4 nitrogen and oxygen atoms in total. The van der Waals surface area contributed by atoms with Gasteiger partial charge in [-0.2, -0.15) is 0 Å². The van der Waals surface area contributed by atoms with Gasteiger partial charge in [-0.3, -0.25) is 0 Å². The topological polar surface area (TPSA) is 66.4 Å². The van der Waals surface area contributed by atoms with Gasteiger partial charge >= 0.3 is 0 Å². The van der Waals surface area contributed by atoms with Crippen molar-refractivity contribution in [2.45, 2.75) is 24.3 Å². The fourth-order valence-electron chi connectivity index (χ4n) is 1.20. The van der Waals surface area contributed by atoms with Crippen LogP contribution in [0.5, 0.6) is 0 Å². The third kappa shape index (κ3) is 4.03. The largest absolute Gasteiger partial charge is 0.389 e. The summed E-state index contributed by atoms with van der Waals surface area (Å²) in [4.78, 5) is -0.142. The molecule has 2 N–H and O–H groups in total. The number of benzene rings is 1. The van der Waals surface area contributed by atoms with Crippen LogP contribution in [0.4, 0.5) is 8.78 Å². The molecule has 17 heavy (non-hydrogen) atoms. The Balaban J connectivity index is 2.95. The molecule has 0 aliphatic heterocycles. The van der Waals surface area contributed by atoms with Gasteiger partial charge in [0.25, 0.3) is 6.43 Å². The highest BCUT2D eigenvalue weighted by molar-refractivity contribution is 7.89. The van der Waals surface area contributed by atoms with Gasteiger partial charge in [0.05, 0.1) is 17.5 Å². The first-order chi connectivity index (χ1) is 7.83. The van der Waals surface area contributed by atoms with Crippen LogP contribution < -0.4 is 4.72 Å². The lowest BCUT2D eigenvalue weighted by Gasteiger charge is -2.09. The van der Waals surface area contributed by atoms with E-state index in [9.17, 15) is 22.3 Å². The molecule has 1 atom stereocenters. The molecule has 96 valence electrons. The molecular weight excluding hydrogens is 252 g/mol. The van der Waals surface area contributed by atoms with Gasteiger partial charge in [0.2, 0.25) is 10.0 Å². The summed E-state index contributed by atoms with van der Waals surface area (Å²) in [5, 5.41) is 9.30. The summed E-state index contributed by atoms with van der Waals surface area (Å²) in [5.74, 6) is 0. The second-order valence-electron chi connectivity index (χ2n) is 3.49. The average Bonchev–Trinajstić information content (AvgIpc) is 2.27. The Kier molecular flexibility index (Phi) is 4.55. The summed E-state index contributed by atoms with van der Waals surface area (Å²) in [6.07, 6.45) is -3.56. The molecule has 1 rings (SSSR count). The fraction of sp³-hybridized carbons (Fsp3) is 0.400. The van der Waals surface area contributed by atoms with E-state index in [1.54, 1.807) is 10.8 Å². The molecule has 1 aromatic rings. The molecule has 0 saturated carbocycles. The average molecular weight is 265 g/mol. The van der Waals surface area contributed by atoms with Gasteiger partial charge in [-0.1, -0.05) is 12.1 Å². The zero-order valence-corrected chi connectivity index (χ0v) is 9.92. The number of halogens is 2. The van der Waals surface area contributed by atoms with Crippen LogP contribution in [0.3, 0.4) is 0 Å². The highest BCUT2D eigenvalue weighted by Gasteiger charge is 2.17. The van der Waals surface area contributed by atoms with Gasteiger partial charge in [0.15, 0.2) is 0 Å². The summed E-state index contributed by atoms with van der Waals surface area (Å²) in [7, 11) is -3.95. The zero-order chi connectivity index (χ0) is 13.1. The normalized spacial score (nSPS) is 13.9. The zero-order valence-electron chi connectivity index (χ0n) is 9.10. The molecule has 1 unspecified atom stereocenters.